The Balaban J connectivity index is 0.911. The summed E-state index contributed by atoms with van der Waals surface area (Å²) in [6, 6.07) is 25.2. The van der Waals surface area contributed by atoms with E-state index in [2.05, 4.69) is 59.5 Å². The van der Waals surface area contributed by atoms with Gasteiger partial charge in [-0.05, 0) is 92.2 Å². The van der Waals surface area contributed by atoms with Crippen LogP contribution in [0.4, 0.5) is 0 Å². The monoisotopic (exact) mass is 507 g/mol. The second kappa shape index (κ2) is 11.9. The predicted molar refractivity (Wildman–Crippen MR) is 155 cm³/mol. The zero-order chi connectivity index (χ0) is 25.7. The number of hydrogen-bond donors (Lipinski definition) is 0. The van der Waals surface area contributed by atoms with Crippen molar-refractivity contribution >= 4 is 5.78 Å². The Kier molecular flexibility index (Phi) is 7.92. The first-order valence-electron chi connectivity index (χ1n) is 14.9. The topological polar surface area (TPSA) is 29.5 Å². The van der Waals surface area contributed by atoms with Crippen molar-refractivity contribution in [2.24, 2.45) is 11.8 Å². The van der Waals surface area contributed by atoms with Gasteiger partial charge in [0.1, 0.15) is 5.75 Å². The molecule has 0 unspecified atom stereocenters. The van der Waals surface area contributed by atoms with E-state index in [-0.39, 0.29) is 0 Å². The average Bonchev–Trinajstić information content (AvgIpc) is 3.47. The first kappa shape index (κ1) is 25.4. The number of carbonyl (C=O) groups excluding carboxylic acids is 1. The van der Waals surface area contributed by atoms with Crippen molar-refractivity contribution in [2.45, 2.75) is 63.7 Å². The lowest BCUT2D eigenvalue weighted by Crippen LogP contribution is -2.35. The number of rotatable bonds is 8. The van der Waals surface area contributed by atoms with Crippen molar-refractivity contribution in [3.63, 3.8) is 0 Å². The number of hydrogen-bond acceptors (Lipinski definition) is 3. The molecule has 1 aliphatic carbocycles. The summed E-state index contributed by atoms with van der Waals surface area (Å²) in [6.45, 7) is 4.54. The highest BCUT2D eigenvalue weighted by molar-refractivity contribution is 5.96. The maximum absolute atomic E-state index is 13.0. The molecule has 2 heterocycles. The van der Waals surface area contributed by atoms with Crippen LogP contribution in [0.1, 0.15) is 78.8 Å². The van der Waals surface area contributed by atoms with E-state index in [4.69, 9.17) is 4.74 Å². The minimum Gasteiger partial charge on any atom is -0.493 e. The van der Waals surface area contributed by atoms with E-state index in [9.17, 15) is 4.79 Å². The SMILES string of the molecule is O=C(CC1CCC(CCN2CCC(c3cccc4c3CCO4)CC2)CC1)c1ccc(-c2ccccc2)cc1. The van der Waals surface area contributed by atoms with Gasteiger partial charge in [0, 0.05) is 24.0 Å². The van der Waals surface area contributed by atoms with Crippen LogP contribution in [0.25, 0.3) is 11.1 Å². The van der Waals surface area contributed by atoms with Crippen LogP contribution in [0.5, 0.6) is 5.75 Å². The second-order valence-corrected chi connectivity index (χ2v) is 11.8. The Morgan fingerprint density at radius 2 is 1.47 bits per heavy atom. The third-order valence-corrected chi connectivity index (χ3v) is 9.41. The number of ketones is 1. The van der Waals surface area contributed by atoms with Crippen LogP contribution in [0.2, 0.25) is 0 Å². The molecule has 1 saturated carbocycles. The van der Waals surface area contributed by atoms with Crippen molar-refractivity contribution in [3.05, 3.63) is 89.5 Å². The minimum atomic E-state index is 0.312. The van der Waals surface area contributed by atoms with Crippen LogP contribution in [0, 0.1) is 11.8 Å². The summed E-state index contributed by atoms with van der Waals surface area (Å²) in [4.78, 5) is 15.7. The van der Waals surface area contributed by atoms with Gasteiger partial charge in [0.25, 0.3) is 0 Å². The normalized spacial score (nSPS) is 22.1. The van der Waals surface area contributed by atoms with Gasteiger partial charge in [0.15, 0.2) is 5.78 Å². The standard InChI is InChI=1S/C35H41NO2/c37-34(31-15-13-29(14-16-31)28-5-2-1-3-6-28)25-27-11-9-26(10-12-27)17-21-36-22-18-30(19-23-36)32-7-4-8-35-33(32)20-24-38-35/h1-8,13-16,26-27,30H,9-12,17-25H2. The van der Waals surface area contributed by atoms with Crippen molar-refractivity contribution < 1.29 is 9.53 Å². The van der Waals surface area contributed by atoms with Crippen LogP contribution in [0.15, 0.2) is 72.8 Å². The summed E-state index contributed by atoms with van der Waals surface area (Å²) in [5, 5.41) is 0. The first-order valence-corrected chi connectivity index (χ1v) is 14.9. The fourth-order valence-corrected chi connectivity index (χ4v) is 7.05. The molecule has 3 aromatic rings. The lowest BCUT2D eigenvalue weighted by molar-refractivity contribution is 0.0939. The molecular weight excluding hydrogens is 466 g/mol. The average molecular weight is 508 g/mol. The van der Waals surface area contributed by atoms with Gasteiger partial charge < -0.3 is 9.64 Å². The summed E-state index contributed by atoms with van der Waals surface area (Å²) in [5.41, 5.74) is 6.27. The Labute approximate surface area is 228 Å². The molecule has 2 aliphatic heterocycles. The zero-order valence-electron chi connectivity index (χ0n) is 22.6. The second-order valence-electron chi connectivity index (χ2n) is 11.8. The number of piperidine rings is 1. The largest absolute Gasteiger partial charge is 0.493 e. The van der Waals surface area contributed by atoms with E-state index >= 15 is 0 Å². The Bertz CT molecular complexity index is 1200. The van der Waals surface area contributed by atoms with Gasteiger partial charge in [-0.3, -0.25) is 4.79 Å². The Hall–Kier alpha value is -2.91. The molecule has 6 rings (SSSR count). The van der Waals surface area contributed by atoms with E-state index in [0.29, 0.717) is 24.0 Å². The van der Waals surface area contributed by atoms with Crippen molar-refractivity contribution in [1.29, 1.82) is 0 Å². The molecule has 0 atom stereocenters. The van der Waals surface area contributed by atoms with Gasteiger partial charge in [0.05, 0.1) is 6.61 Å². The molecule has 1 saturated heterocycles. The van der Waals surface area contributed by atoms with E-state index in [1.807, 2.05) is 18.2 Å². The fourth-order valence-electron chi connectivity index (χ4n) is 7.05. The molecule has 38 heavy (non-hydrogen) atoms. The molecule has 0 spiro atoms. The van der Waals surface area contributed by atoms with Crippen LogP contribution in [0.3, 0.4) is 0 Å². The summed E-state index contributed by atoms with van der Waals surface area (Å²) in [7, 11) is 0. The minimum absolute atomic E-state index is 0.312. The molecule has 0 bridgehead atoms. The number of benzene rings is 3. The van der Waals surface area contributed by atoms with Gasteiger partial charge in [-0.2, -0.15) is 0 Å². The lowest BCUT2D eigenvalue weighted by Gasteiger charge is -2.35. The molecular formula is C35H41NO2. The summed E-state index contributed by atoms with van der Waals surface area (Å²) >= 11 is 0. The molecule has 0 aromatic heterocycles. The quantitative estimate of drug-likeness (QED) is 0.290. The molecule has 3 heteroatoms. The van der Waals surface area contributed by atoms with Crippen LogP contribution in [-0.2, 0) is 6.42 Å². The number of fused-ring (bicyclic) bond motifs is 1. The molecule has 198 valence electrons. The summed E-state index contributed by atoms with van der Waals surface area (Å²) < 4.78 is 5.80. The Morgan fingerprint density at radius 3 is 2.24 bits per heavy atom. The number of carbonyl (C=O) groups is 1. The number of nitrogens with zero attached hydrogens (tertiary/aromatic N) is 1. The molecule has 3 nitrogen and oxygen atoms in total. The predicted octanol–water partition coefficient (Wildman–Crippen LogP) is 7.94. The van der Waals surface area contributed by atoms with Crippen LogP contribution >= 0.6 is 0 Å². The molecule has 2 fully saturated rings. The van der Waals surface area contributed by atoms with Crippen LogP contribution < -0.4 is 4.74 Å². The van der Waals surface area contributed by atoms with E-state index in [1.165, 1.54) is 81.3 Å². The van der Waals surface area contributed by atoms with Crippen LogP contribution in [-0.4, -0.2) is 36.9 Å². The molecule has 3 aromatic carbocycles. The highest BCUT2D eigenvalue weighted by Gasteiger charge is 2.27. The van der Waals surface area contributed by atoms with Crippen molar-refractivity contribution in [2.75, 3.05) is 26.2 Å². The fraction of sp³-hybridized carbons (Fsp3) is 0.457. The third kappa shape index (κ3) is 5.89. The highest BCUT2D eigenvalue weighted by atomic mass is 16.5. The van der Waals surface area contributed by atoms with E-state index in [0.717, 1.165) is 30.3 Å². The van der Waals surface area contributed by atoms with E-state index in [1.54, 1.807) is 5.56 Å². The number of ether oxygens (including phenoxy) is 1. The first-order chi connectivity index (χ1) is 18.7. The molecule has 0 radical (unpaired) electrons. The van der Waals surface area contributed by atoms with Gasteiger partial charge in [-0.25, -0.2) is 0 Å². The van der Waals surface area contributed by atoms with Gasteiger partial charge in [-0.1, -0.05) is 79.6 Å². The van der Waals surface area contributed by atoms with Gasteiger partial charge >= 0.3 is 0 Å². The number of Topliss-reactive ketones (excluding diaryl/α,β-unsaturated/α-hetero) is 1. The van der Waals surface area contributed by atoms with Gasteiger partial charge in [0.2, 0.25) is 0 Å². The lowest BCUT2D eigenvalue weighted by atomic mass is 9.78. The third-order valence-electron chi connectivity index (χ3n) is 9.41. The van der Waals surface area contributed by atoms with E-state index < -0.39 is 0 Å². The Morgan fingerprint density at radius 1 is 0.763 bits per heavy atom. The number of likely N-dealkylation sites (tertiary alicyclic amines) is 1. The highest BCUT2D eigenvalue weighted by Crippen LogP contribution is 2.38. The summed E-state index contributed by atoms with van der Waals surface area (Å²) in [5.74, 6) is 3.53. The van der Waals surface area contributed by atoms with Crippen molar-refractivity contribution in [3.8, 4) is 16.9 Å². The maximum atomic E-state index is 13.0. The zero-order valence-corrected chi connectivity index (χ0v) is 22.6. The maximum Gasteiger partial charge on any atom is 0.163 e. The molecule has 3 aliphatic rings. The summed E-state index contributed by atoms with van der Waals surface area (Å²) in [6.07, 6.45) is 10.7. The smallest absolute Gasteiger partial charge is 0.163 e. The van der Waals surface area contributed by atoms with Crippen molar-refractivity contribution in [1.82, 2.24) is 4.90 Å². The van der Waals surface area contributed by atoms with Gasteiger partial charge in [-0.15, -0.1) is 0 Å². The molecule has 0 amide bonds. The molecule has 0 N–H and O–H groups in total.